The number of carbonyl (C=O) groups is 4. The van der Waals surface area contributed by atoms with Gasteiger partial charge in [0, 0.05) is 36.6 Å². The fourth-order valence-corrected chi connectivity index (χ4v) is 8.14. The van der Waals surface area contributed by atoms with Crippen LogP contribution >= 0.6 is 15.9 Å². The summed E-state index contributed by atoms with van der Waals surface area (Å²) in [5.74, 6) is -2.85. The molecule has 5 rings (SSSR count). The number of amides is 3. The highest BCUT2D eigenvalue weighted by Crippen LogP contribution is 2.60. The number of rotatable bonds is 16. The Bertz CT molecular complexity index is 1500. The van der Waals surface area contributed by atoms with Gasteiger partial charge in [-0.2, -0.15) is 0 Å². The van der Waals surface area contributed by atoms with Crippen LogP contribution in [-0.4, -0.2) is 89.7 Å². The van der Waals surface area contributed by atoms with Crippen LogP contribution in [0.5, 0.6) is 5.75 Å². The summed E-state index contributed by atoms with van der Waals surface area (Å²) in [6, 6.07) is 14.4. The maximum absolute atomic E-state index is 14.6. The van der Waals surface area contributed by atoms with Crippen molar-refractivity contribution in [1.82, 2.24) is 10.2 Å². The van der Waals surface area contributed by atoms with Gasteiger partial charge < -0.3 is 34.4 Å². The quantitative estimate of drug-likeness (QED) is 0.152. The Morgan fingerprint density at radius 3 is 2.54 bits per heavy atom. The number of fused-ring (bicyclic) bond motifs is 1. The number of likely N-dealkylation sites (tertiary alicyclic amines) is 1. The van der Waals surface area contributed by atoms with E-state index >= 15 is 0 Å². The summed E-state index contributed by atoms with van der Waals surface area (Å²) >= 11 is 3.71. The lowest BCUT2D eigenvalue weighted by atomic mass is 9.70. The van der Waals surface area contributed by atoms with E-state index in [0.29, 0.717) is 24.3 Å². The lowest BCUT2D eigenvalue weighted by Gasteiger charge is -2.37. The molecule has 256 valence electrons. The zero-order chi connectivity index (χ0) is 34.4. The van der Waals surface area contributed by atoms with Gasteiger partial charge in [0.2, 0.25) is 11.8 Å². The van der Waals surface area contributed by atoms with Crippen LogP contribution in [0.1, 0.15) is 37.3 Å². The molecule has 1 unspecified atom stereocenters. The maximum Gasteiger partial charge on any atom is 0.306 e. The molecule has 3 heterocycles. The van der Waals surface area contributed by atoms with E-state index in [1.165, 1.54) is 4.90 Å². The Balaban J connectivity index is 1.47. The lowest BCUT2D eigenvalue weighted by molar-refractivity contribution is -0.145. The number of anilines is 1. The second-order valence-corrected chi connectivity index (χ2v) is 13.4. The SMILES string of the molecule is C=CCCC(=O)OC[C@@H](NC(=O)[C@H]1[C@@H]2O[C@@]3(CC2Br)[C@@H]1C(=O)N(CCCO)[C@@H]3C(=O)N(CC=C)c1ccc(OC)cc1)c1ccccc1. The Morgan fingerprint density at radius 1 is 1.17 bits per heavy atom. The zero-order valence-corrected chi connectivity index (χ0v) is 28.5. The molecule has 2 bridgehead atoms. The Labute approximate surface area is 289 Å². The molecule has 0 aliphatic carbocycles. The van der Waals surface area contributed by atoms with E-state index in [1.807, 2.05) is 30.3 Å². The normalized spacial score (nSPS) is 26.0. The van der Waals surface area contributed by atoms with Crippen molar-refractivity contribution in [3.63, 3.8) is 0 Å². The first-order valence-corrected chi connectivity index (χ1v) is 17.0. The minimum atomic E-state index is -1.30. The maximum atomic E-state index is 14.6. The van der Waals surface area contributed by atoms with E-state index in [0.717, 1.165) is 5.56 Å². The monoisotopic (exact) mass is 723 g/mol. The molecule has 2 aromatic carbocycles. The lowest BCUT2D eigenvalue weighted by Crippen LogP contribution is -2.57. The van der Waals surface area contributed by atoms with Crippen LogP contribution in [0.15, 0.2) is 79.9 Å². The van der Waals surface area contributed by atoms with Crippen molar-refractivity contribution in [2.75, 3.05) is 38.3 Å². The molecule has 1 spiro atoms. The van der Waals surface area contributed by atoms with E-state index in [9.17, 15) is 24.3 Å². The van der Waals surface area contributed by atoms with Crippen molar-refractivity contribution < 1.29 is 38.5 Å². The third kappa shape index (κ3) is 6.79. The van der Waals surface area contributed by atoms with Crippen molar-refractivity contribution >= 4 is 45.3 Å². The van der Waals surface area contributed by atoms with Crippen LogP contribution < -0.4 is 15.0 Å². The molecular weight excluding hydrogens is 682 g/mol. The van der Waals surface area contributed by atoms with Gasteiger partial charge in [-0.1, -0.05) is 58.4 Å². The number of esters is 1. The number of hydrogen-bond acceptors (Lipinski definition) is 8. The summed E-state index contributed by atoms with van der Waals surface area (Å²) in [7, 11) is 1.56. The summed E-state index contributed by atoms with van der Waals surface area (Å²) in [6.45, 7) is 7.47. The molecule has 3 fully saturated rings. The van der Waals surface area contributed by atoms with Gasteiger partial charge in [-0.05, 0) is 49.1 Å². The largest absolute Gasteiger partial charge is 0.497 e. The molecule has 0 radical (unpaired) electrons. The number of alkyl halides is 1. The van der Waals surface area contributed by atoms with E-state index in [-0.39, 0.29) is 55.8 Å². The number of allylic oxidation sites excluding steroid dienone is 1. The molecule has 48 heavy (non-hydrogen) atoms. The van der Waals surface area contributed by atoms with E-state index in [2.05, 4.69) is 34.4 Å². The van der Waals surface area contributed by atoms with Gasteiger partial charge >= 0.3 is 5.97 Å². The molecule has 3 aliphatic rings. The van der Waals surface area contributed by atoms with Crippen molar-refractivity contribution in [2.24, 2.45) is 11.8 Å². The Hall–Kier alpha value is -4.00. The van der Waals surface area contributed by atoms with Crippen molar-refractivity contribution in [3.8, 4) is 5.75 Å². The molecule has 7 atom stereocenters. The van der Waals surface area contributed by atoms with Crippen LogP contribution in [0, 0.1) is 11.8 Å². The molecule has 3 aliphatic heterocycles. The molecule has 2 aromatic rings. The number of aliphatic hydroxyl groups excluding tert-OH is 1. The molecule has 11 nitrogen and oxygen atoms in total. The summed E-state index contributed by atoms with van der Waals surface area (Å²) < 4.78 is 17.5. The first kappa shape index (κ1) is 35.3. The van der Waals surface area contributed by atoms with Gasteiger partial charge in [0.1, 0.15) is 24.0 Å². The first-order chi connectivity index (χ1) is 23.2. The van der Waals surface area contributed by atoms with Crippen molar-refractivity contribution in [3.05, 3.63) is 85.5 Å². The second kappa shape index (κ2) is 15.5. The van der Waals surface area contributed by atoms with Gasteiger partial charge in [-0.15, -0.1) is 13.2 Å². The summed E-state index contributed by atoms with van der Waals surface area (Å²) in [5.41, 5.74) is 0.0163. The zero-order valence-electron chi connectivity index (χ0n) is 27.0. The van der Waals surface area contributed by atoms with Gasteiger partial charge in [0.25, 0.3) is 5.91 Å². The fraction of sp³-hybridized carbons (Fsp3) is 0.444. The molecule has 3 saturated heterocycles. The molecule has 2 N–H and O–H groups in total. The summed E-state index contributed by atoms with van der Waals surface area (Å²) in [6.07, 6.45) is 3.76. The summed E-state index contributed by atoms with van der Waals surface area (Å²) in [5, 5.41) is 12.8. The van der Waals surface area contributed by atoms with Gasteiger partial charge in [-0.3, -0.25) is 19.2 Å². The summed E-state index contributed by atoms with van der Waals surface area (Å²) in [4.78, 5) is 58.4. The third-order valence-electron chi connectivity index (χ3n) is 9.33. The van der Waals surface area contributed by atoms with Crippen LogP contribution in [0.25, 0.3) is 0 Å². The minimum Gasteiger partial charge on any atom is -0.497 e. The number of methoxy groups -OCH3 is 1. The number of nitrogens with zero attached hydrogens (tertiary/aromatic N) is 2. The molecule has 3 amide bonds. The van der Waals surface area contributed by atoms with Gasteiger partial charge in [0.05, 0.1) is 31.1 Å². The highest BCUT2D eigenvalue weighted by atomic mass is 79.9. The predicted octanol–water partition coefficient (Wildman–Crippen LogP) is 3.71. The number of benzene rings is 2. The fourth-order valence-electron chi connectivity index (χ4n) is 7.19. The highest BCUT2D eigenvalue weighted by Gasteiger charge is 2.76. The topological polar surface area (TPSA) is 135 Å². The Kier molecular flexibility index (Phi) is 11.4. The molecule has 0 saturated carbocycles. The van der Waals surface area contributed by atoms with Crippen LogP contribution in [0.2, 0.25) is 0 Å². The third-order valence-corrected chi connectivity index (χ3v) is 10.2. The number of nitrogens with one attached hydrogen (secondary N) is 1. The Morgan fingerprint density at radius 2 is 1.90 bits per heavy atom. The van der Waals surface area contributed by atoms with Gasteiger partial charge in [-0.25, -0.2) is 0 Å². The highest BCUT2D eigenvalue weighted by molar-refractivity contribution is 9.09. The number of halogens is 1. The number of aliphatic hydroxyl groups is 1. The van der Waals surface area contributed by atoms with Crippen molar-refractivity contribution in [2.45, 2.75) is 54.3 Å². The van der Waals surface area contributed by atoms with Crippen LogP contribution in [0.3, 0.4) is 0 Å². The van der Waals surface area contributed by atoms with Crippen molar-refractivity contribution in [1.29, 1.82) is 0 Å². The predicted molar refractivity (Wildman–Crippen MR) is 182 cm³/mol. The molecule has 0 aromatic heterocycles. The number of ether oxygens (including phenoxy) is 3. The minimum absolute atomic E-state index is 0.104. The van der Waals surface area contributed by atoms with Gasteiger partial charge in [0.15, 0.2) is 0 Å². The number of carbonyl (C=O) groups excluding carboxylic acids is 4. The second-order valence-electron chi connectivity index (χ2n) is 12.2. The first-order valence-electron chi connectivity index (χ1n) is 16.1. The van der Waals surface area contributed by atoms with E-state index in [1.54, 1.807) is 48.4 Å². The molecule has 12 heteroatoms. The smallest absolute Gasteiger partial charge is 0.306 e. The number of hydrogen-bond donors (Lipinski definition) is 2. The van der Waals surface area contributed by atoms with Crippen LogP contribution in [0.4, 0.5) is 5.69 Å². The van der Waals surface area contributed by atoms with E-state index < -0.39 is 47.5 Å². The van der Waals surface area contributed by atoms with Crippen LogP contribution in [-0.2, 0) is 28.7 Å². The van der Waals surface area contributed by atoms with E-state index in [4.69, 9.17) is 14.2 Å². The average molecular weight is 725 g/mol. The standard InChI is InChI=1S/C36H42BrN3O8/c1-4-6-13-28(42)47-22-27(23-11-8-7-9-12-23)38-33(43)29-30-34(44)40(19-10-20-41)32(36(30)21-26(37)31(29)48-36)35(45)39(18-5-2)24-14-16-25(46-3)17-15-24/h4-5,7-9,11-12,14-17,26-27,29-32,41H,1-2,6,10,13,18-22H2,3H3,(H,38,43)/t26?,27-,29-,30+,31-,32-,36+/m1/s1. The molecular formula is C36H42BrN3O8. The average Bonchev–Trinajstić information content (AvgIpc) is 3.70.